The molecule has 2 aromatic heterocycles. The molecule has 0 atom stereocenters. The molecule has 1 aromatic carbocycles. The van der Waals surface area contributed by atoms with Gasteiger partial charge in [-0.2, -0.15) is 0 Å². The van der Waals surface area contributed by atoms with Crippen molar-refractivity contribution in [1.29, 1.82) is 0 Å². The molecule has 6 heteroatoms. The number of benzene rings is 1. The van der Waals surface area contributed by atoms with E-state index in [1.54, 1.807) is 12.1 Å². The summed E-state index contributed by atoms with van der Waals surface area (Å²) in [6, 6.07) is 3.26. The topological polar surface area (TPSA) is 58.9 Å². The van der Waals surface area contributed by atoms with Crippen molar-refractivity contribution in [1.82, 2.24) is 9.97 Å². The van der Waals surface area contributed by atoms with E-state index >= 15 is 0 Å². The molecule has 0 unspecified atom stereocenters. The first-order chi connectivity index (χ1) is 7.65. The number of oxazole rings is 1. The standard InChI is InChI=1S/C10H4Cl2N2O2/c11-5-1-4-7(2-6(5)12)13-3-8-9(4)16-10(15)14-8/h1-3H,(H,14,15). The number of pyridine rings is 1. The zero-order chi connectivity index (χ0) is 11.3. The van der Waals surface area contributed by atoms with E-state index in [9.17, 15) is 4.79 Å². The van der Waals surface area contributed by atoms with Crippen LogP contribution in [-0.4, -0.2) is 9.97 Å². The Morgan fingerprint density at radius 2 is 2.00 bits per heavy atom. The average Bonchev–Trinajstić information content (AvgIpc) is 2.61. The Morgan fingerprint density at radius 3 is 2.81 bits per heavy atom. The van der Waals surface area contributed by atoms with Gasteiger partial charge in [-0.1, -0.05) is 23.2 Å². The van der Waals surface area contributed by atoms with E-state index in [1.807, 2.05) is 0 Å². The zero-order valence-corrected chi connectivity index (χ0v) is 9.26. The maximum Gasteiger partial charge on any atom is 0.417 e. The maximum absolute atomic E-state index is 11.1. The van der Waals surface area contributed by atoms with Crippen LogP contribution in [0, 0.1) is 0 Å². The molecule has 0 spiro atoms. The fourth-order valence-electron chi connectivity index (χ4n) is 1.59. The molecule has 80 valence electrons. The highest BCUT2D eigenvalue weighted by Crippen LogP contribution is 2.30. The van der Waals surface area contributed by atoms with Crippen LogP contribution in [0.15, 0.2) is 27.5 Å². The van der Waals surface area contributed by atoms with Crippen LogP contribution in [0.2, 0.25) is 10.0 Å². The number of fused-ring (bicyclic) bond motifs is 3. The maximum atomic E-state index is 11.1. The molecule has 3 aromatic rings. The van der Waals surface area contributed by atoms with Crippen LogP contribution in [0.4, 0.5) is 0 Å². The number of H-pyrrole nitrogens is 1. The molecule has 1 N–H and O–H groups in total. The van der Waals surface area contributed by atoms with Gasteiger partial charge in [-0.15, -0.1) is 0 Å². The number of nitrogens with zero attached hydrogens (tertiary/aromatic N) is 1. The van der Waals surface area contributed by atoms with Gasteiger partial charge in [-0.3, -0.25) is 9.97 Å². The van der Waals surface area contributed by atoms with Crippen molar-refractivity contribution in [3.8, 4) is 0 Å². The van der Waals surface area contributed by atoms with Gasteiger partial charge in [0.15, 0.2) is 5.58 Å². The van der Waals surface area contributed by atoms with Gasteiger partial charge in [0, 0.05) is 5.39 Å². The zero-order valence-electron chi connectivity index (χ0n) is 7.75. The number of halogens is 2. The van der Waals surface area contributed by atoms with Crippen molar-refractivity contribution < 1.29 is 4.42 Å². The van der Waals surface area contributed by atoms with Gasteiger partial charge >= 0.3 is 5.76 Å². The third-order valence-electron chi connectivity index (χ3n) is 2.29. The lowest BCUT2D eigenvalue weighted by molar-refractivity contribution is 0.558. The predicted octanol–water partition coefficient (Wildman–Crippen LogP) is 2.98. The Kier molecular flexibility index (Phi) is 1.96. The van der Waals surface area contributed by atoms with Gasteiger partial charge in [0.2, 0.25) is 0 Å². The second kappa shape index (κ2) is 3.23. The summed E-state index contributed by atoms with van der Waals surface area (Å²) in [5.41, 5.74) is 1.61. The molecule has 0 aliphatic carbocycles. The first kappa shape index (κ1) is 9.69. The smallest absolute Gasteiger partial charge is 0.407 e. The molecule has 0 amide bonds. The summed E-state index contributed by atoms with van der Waals surface area (Å²) in [7, 11) is 0. The molecule has 0 aliphatic heterocycles. The molecule has 0 bridgehead atoms. The third kappa shape index (κ3) is 1.31. The van der Waals surface area contributed by atoms with E-state index in [0.717, 1.165) is 0 Å². The highest BCUT2D eigenvalue weighted by Gasteiger charge is 2.09. The van der Waals surface area contributed by atoms with Crippen LogP contribution in [-0.2, 0) is 0 Å². The van der Waals surface area contributed by atoms with E-state index in [1.165, 1.54) is 6.20 Å². The summed E-state index contributed by atoms with van der Waals surface area (Å²) in [5.74, 6) is -0.518. The number of hydrogen-bond donors (Lipinski definition) is 1. The Hall–Kier alpha value is -1.52. The number of aromatic amines is 1. The lowest BCUT2D eigenvalue weighted by Crippen LogP contribution is -1.92. The molecule has 0 saturated heterocycles. The quantitative estimate of drug-likeness (QED) is 0.671. The van der Waals surface area contributed by atoms with Crippen LogP contribution >= 0.6 is 23.2 Å². The second-order valence-electron chi connectivity index (χ2n) is 3.30. The summed E-state index contributed by atoms with van der Waals surface area (Å²) in [6.45, 7) is 0. The molecular weight excluding hydrogens is 251 g/mol. The number of hydrogen-bond acceptors (Lipinski definition) is 3. The van der Waals surface area contributed by atoms with E-state index in [-0.39, 0.29) is 0 Å². The van der Waals surface area contributed by atoms with Gasteiger partial charge in [-0.05, 0) is 12.1 Å². The molecular formula is C10H4Cl2N2O2. The first-order valence-corrected chi connectivity index (χ1v) is 5.17. The first-order valence-electron chi connectivity index (χ1n) is 4.42. The van der Waals surface area contributed by atoms with Crippen molar-refractivity contribution in [2.24, 2.45) is 0 Å². The highest BCUT2D eigenvalue weighted by molar-refractivity contribution is 6.43. The predicted molar refractivity (Wildman–Crippen MR) is 62.2 cm³/mol. The van der Waals surface area contributed by atoms with Crippen LogP contribution in [0.1, 0.15) is 0 Å². The molecule has 0 saturated carbocycles. The summed E-state index contributed by atoms with van der Waals surface area (Å²) in [4.78, 5) is 17.8. The number of nitrogens with one attached hydrogen (secondary N) is 1. The third-order valence-corrected chi connectivity index (χ3v) is 3.01. The minimum absolute atomic E-state index is 0.396. The number of aromatic nitrogens is 2. The van der Waals surface area contributed by atoms with Gasteiger partial charge < -0.3 is 4.42 Å². The van der Waals surface area contributed by atoms with Crippen LogP contribution < -0.4 is 5.76 Å². The van der Waals surface area contributed by atoms with Crippen molar-refractivity contribution >= 4 is 45.2 Å². The Bertz CT molecular complexity index is 760. The van der Waals surface area contributed by atoms with E-state index in [0.29, 0.717) is 32.0 Å². The largest absolute Gasteiger partial charge is 0.417 e. The number of rotatable bonds is 0. The van der Waals surface area contributed by atoms with Gasteiger partial charge in [0.25, 0.3) is 0 Å². The lowest BCUT2D eigenvalue weighted by Gasteiger charge is -1.99. The lowest BCUT2D eigenvalue weighted by atomic mass is 10.2. The molecule has 16 heavy (non-hydrogen) atoms. The SMILES string of the molecule is O=c1[nH]c2cnc3cc(Cl)c(Cl)cc3c2o1. The van der Waals surface area contributed by atoms with Crippen LogP contribution in [0.25, 0.3) is 22.0 Å². The summed E-state index contributed by atoms with van der Waals surface area (Å²) >= 11 is 11.8. The molecule has 0 aliphatic rings. The Labute approximate surface area is 98.8 Å². The van der Waals surface area contributed by atoms with E-state index in [2.05, 4.69) is 9.97 Å². The van der Waals surface area contributed by atoms with Crippen molar-refractivity contribution in [3.63, 3.8) is 0 Å². The van der Waals surface area contributed by atoms with Crippen LogP contribution in [0.5, 0.6) is 0 Å². The van der Waals surface area contributed by atoms with Crippen LogP contribution in [0.3, 0.4) is 0 Å². The van der Waals surface area contributed by atoms with Gasteiger partial charge in [-0.25, -0.2) is 4.79 Å². The molecule has 3 rings (SSSR count). The van der Waals surface area contributed by atoms with Crippen molar-refractivity contribution in [3.05, 3.63) is 38.9 Å². The fraction of sp³-hybridized carbons (Fsp3) is 0. The summed E-state index contributed by atoms with van der Waals surface area (Å²) in [6.07, 6.45) is 1.52. The normalized spacial score (nSPS) is 11.4. The highest BCUT2D eigenvalue weighted by atomic mass is 35.5. The molecule has 4 nitrogen and oxygen atoms in total. The summed E-state index contributed by atoms with van der Waals surface area (Å²) in [5, 5.41) is 1.47. The van der Waals surface area contributed by atoms with E-state index < -0.39 is 5.76 Å². The van der Waals surface area contributed by atoms with Crippen molar-refractivity contribution in [2.75, 3.05) is 0 Å². The minimum Gasteiger partial charge on any atom is -0.407 e. The summed E-state index contributed by atoms with van der Waals surface area (Å²) < 4.78 is 5.02. The fourth-order valence-corrected chi connectivity index (χ4v) is 1.91. The van der Waals surface area contributed by atoms with Crippen molar-refractivity contribution in [2.45, 2.75) is 0 Å². The molecule has 0 fully saturated rings. The van der Waals surface area contributed by atoms with E-state index in [4.69, 9.17) is 27.6 Å². The Morgan fingerprint density at radius 1 is 1.25 bits per heavy atom. The minimum atomic E-state index is -0.518. The Balaban J connectivity index is 2.59. The monoisotopic (exact) mass is 254 g/mol. The van der Waals surface area contributed by atoms with Gasteiger partial charge in [0.1, 0.15) is 5.52 Å². The van der Waals surface area contributed by atoms with Gasteiger partial charge in [0.05, 0.1) is 21.8 Å². The second-order valence-corrected chi connectivity index (χ2v) is 4.11. The molecule has 0 radical (unpaired) electrons. The molecule has 2 heterocycles. The average molecular weight is 255 g/mol.